The number of carbonyl (C=O) groups is 1. The molecule has 1 fully saturated rings. The summed E-state index contributed by atoms with van der Waals surface area (Å²) in [7, 11) is -3.62. The minimum Gasteiger partial charge on any atom is -0.481 e. The third-order valence-corrected chi connectivity index (χ3v) is 5.39. The van der Waals surface area contributed by atoms with Crippen molar-refractivity contribution in [1.29, 1.82) is 0 Å². The summed E-state index contributed by atoms with van der Waals surface area (Å²) in [6.07, 6.45) is 2.65. The highest BCUT2D eigenvalue weighted by Gasteiger charge is 2.36. The van der Waals surface area contributed by atoms with E-state index in [4.69, 9.17) is 5.11 Å². The van der Waals surface area contributed by atoms with Gasteiger partial charge in [-0.1, -0.05) is 6.08 Å². The van der Waals surface area contributed by atoms with Crippen LogP contribution in [0.5, 0.6) is 0 Å². The van der Waals surface area contributed by atoms with Crippen LogP contribution in [0.25, 0.3) is 0 Å². The van der Waals surface area contributed by atoms with E-state index in [0.29, 0.717) is 19.4 Å². The van der Waals surface area contributed by atoms with Gasteiger partial charge in [-0.25, -0.2) is 0 Å². The quantitative estimate of drug-likeness (QED) is 0.738. The molecule has 1 atom stereocenters. The molecule has 7 heteroatoms. The molecule has 0 saturated carbocycles. The minimum atomic E-state index is -3.62. The van der Waals surface area contributed by atoms with Crippen molar-refractivity contribution in [3.63, 3.8) is 0 Å². The summed E-state index contributed by atoms with van der Waals surface area (Å²) in [6, 6.07) is -0.187. The Morgan fingerprint density at radius 1 is 1.58 bits per heavy atom. The molecule has 6 nitrogen and oxygen atoms in total. The first-order valence-corrected chi connectivity index (χ1v) is 7.81. The lowest BCUT2D eigenvalue weighted by molar-refractivity contribution is -0.142. The topological polar surface area (TPSA) is 77.9 Å². The van der Waals surface area contributed by atoms with Gasteiger partial charge in [-0.2, -0.15) is 17.0 Å². The van der Waals surface area contributed by atoms with Gasteiger partial charge in [0.1, 0.15) is 0 Å². The molecule has 0 aliphatic carbocycles. The van der Waals surface area contributed by atoms with Crippen LogP contribution < -0.4 is 0 Å². The van der Waals surface area contributed by atoms with Crippen molar-refractivity contribution in [3.8, 4) is 0 Å². The van der Waals surface area contributed by atoms with Crippen LogP contribution in [0.1, 0.15) is 26.7 Å². The van der Waals surface area contributed by atoms with Gasteiger partial charge in [0.15, 0.2) is 0 Å². The molecule has 1 saturated heterocycles. The standard InChI is InChI=1S/C12H22N2O4S/c1-4-7-14(10(2)3)19(17,18)13-8-5-6-11(9-13)12(15)16/h4,10-11H,1,5-9H2,2-3H3,(H,15,16). The second kappa shape index (κ2) is 6.49. The molecule has 0 spiro atoms. The molecule has 0 aromatic carbocycles. The number of nitrogens with zero attached hydrogens (tertiary/aromatic N) is 2. The maximum atomic E-state index is 12.5. The number of carboxylic acid groups (broad SMARTS) is 1. The monoisotopic (exact) mass is 290 g/mol. The van der Waals surface area contributed by atoms with Crippen molar-refractivity contribution in [2.75, 3.05) is 19.6 Å². The molecule has 0 amide bonds. The first kappa shape index (κ1) is 16.1. The number of hydrogen-bond acceptors (Lipinski definition) is 3. The lowest BCUT2D eigenvalue weighted by Gasteiger charge is -2.35. The summed E-state index contributed by atoms with van der Waals surface area (Å²) in [6.45, 7) is 7.81. The molecule has 1 aliphatic rings. The molecule has 0 aromatic rings. The number of hydrogen-bond donors (Lipinski definition) is 1. The van der Waals surface area contributed by atoms with Crippen LogP contribution in [-0.2, 0) is 15.0 Å². The van der Waals surface area contributed by atoms with Gasteiger partial charge >= 0.3 is 5.97 Å². The first-order chi connectivity index (χ1) is 8.80. The molecule has 1 aliphatic heterocycles. The zero-order valence-electron chi connectivity index (χ0n) is 11.4. The van der Waals surface area contributed by atoms with E-state index in [0.717, 1.165) is 0 Å². The van der Waals surface area contributed by atoms with Crippen molar-refractivity contribution in [2.24, 2.45) is 5.92 Å². The van der Waals surface area contributed by atoms with Crippen LogP contribution >= 0.6 is 0 Å². The Hall–Kier alpha value is -0.920. The molecular weight excluding hydrogens is 268 g/mol. The van der Waals surface area contributed by atoms with Crippen molar-refractivity contribution < 1.29 is 18.3 Å². The Balaban J connectivity index is 2.91. The number of rotatable bonds is 6. The molecule has 110 valence electrons. The van der Waals surface area contributed by atoms with Crippen LogP contribution in [0.15, 0.2) is 12.7 Å². The van der Waals surface area contributed by atoms with Crippen LogP contribution in [0.2, 0.25) is 0 Å². The van der Waals surface area contributed by atoms with E-state index in [1.54, 1.807) is 13.8 Å². The van der Waals surface area contributed by atoms with Crippen LogP contribution in [-0.4, -0.2) is 53.8 Å². The highest BCUT2D eigenvalue weighted by atomic mass is 32.2. The average Bonchev–Trinajstić information content (AvgIpc) is 2.35. The molecular formula is C12H22N2O4S. The van der Waals surface area contributed by atoms with Gasteiger partial charge in [0.25, 0.3) is 10.2 Å². The number of carboxylic acids is 1. The molecule has 0 bridgehead atoms. The van der Waals surface area contributed by atoms with Gasteiger partial charge in [0.2, 0.25) is 0 Å². The lowest BCUT2D eigenvalue weighted by Crippen LogP contribution is -2.51. The summed E-state index contributed by atoms with van der Waals surface area (Å²) in [5.41, 5.74) is 0. The maximum Gasteiger partial charge on any atom is 0.307 e. The molecule has 0 aromatic heterocycles. The first-order valence-electron chi connectivity index (χ1n) is 6.41. The summed E-state index contributed by atoms with van der Waals surface area (Å²) >= 11 is 0. The van der Waals surface area contributed by atoms with Crippen LogP contribution in [0.4, 0.5) is 0 Å². The van der Waals surface area contributed by atoms with Gasteiger partial charge in [0, 0.05) is 25.7 Å². The Morgan fingerprint density at radius 2 is 2.21 bits per heavy atom. The van der Waals surface area contributed by atoms with E-state index in [-0.39, 0.29) is 19.1 Å². The maximum absolute atomic E-state index is 12.5. The second-order valence-electron chi connectivity index (χ2n) is 5.00. The van der Waals surface area contributed by atoms with E-state index in [1.807, 2.05) is 0 Å². The van der Waals surface area contributed by atoms with Gasteiger partial charge in [-0.15, -0.1) is 6.58 Å². The number of aliphatic carboxylic acids is 1. The van der Waals surface area contributed by atoms with Gasteiger partial charge in [-0.05, 0) is 26.7 Å². The van der Waals surface area contributed by atoms with Crippen molar-refractivity contribution in [1.82, 2.24) is 8.61 Å². The molecule has 1 heterocycles. The smallest absolute Gasteiger partial charge is 0.307 e. The van der Waals surface area contributed by atoms with Crippen molar-refractivity contribution in [3.05, 3.63) is 12.7 Å². The van der Waals surface area contributed by atoms with Gasteiger partial charge < -0.3 is 5.11 Å². The Morgan fingerprint density at radius 3 is 2.68 bits per heavy atom. The van der Waals surface area contributed by atoms with Gasteiger partial charge in [0.05, 0.1) is 5.92 Å². The highest BCUT2D eigenvalue weighted by Crippen LogP contribution is 2.22. The molecule has 0 radical (unpaired) electrons. The SMILES string of the molecule is C=CCN(C(C)C)S(=O)(=O)N1CCCC(C(=O)O)C1. The van der Waals surface area contributed by atoms with E-state index in [9.17, 15) is 13.2 Å². The van der Waals surface area contributed by atoms with E-state index in [1.165, 1.54) is 14.7 Å². The highest BCUT2D eigenvalue weighted by molar-refractivity contribution is 7.86. The Labute approximate surface area is 114 Å². The normalized spacial score (nSPS) is 21.8. The predicted octanol–water partition coefficient (Wildman–Crippen LogP) is 0.924. The van der Waals surface area contributed by atoms with Gasteiger partial charge in [-0.3, -0.25) is 4.79 Å². The Kier molecular flexibility index (Phi) is 5.51. The Bertz CT molecular complexity index is 433. The van der Waals surface area contributed by atoms with E-state index >= 15 is 0 Å². The molecule has 19 heavy (non-hydrogen) atoms. The number of piperidine rings is 1. The zero-order valence-corrected chi connectivity index (χ0v) is 12.3. The largest absolute Gasteiger partial charge is 0.481 e. The van der Waals surface area contributed by atoms with Crippen molar-refractivity contribution in [2.45, 2.75) is 32.7 Å². The van der Waals surface area contributed by atoms with Crippen LogP contribution in [0.3, 0.4) is 0 Å². The fourth-order valence-electron chi connectivity index (χ4n) is 2.20. The van der Waals surface area contributed by atoms with E-state index in [2.05, 4.69) is 6.58 Å². The third kappa shape index (κ3) is 3.77. The van der Waals surface area contributed by atoms with E-state index < -0.39 is 22.1 Å². The summed E-state index contributed by atoms with van der Waals surface area (Å²) in [4.78, 5) is 11.0. The zero-order chi connectivity index (χ0) is 14.6. The third-order valence-electron chi connectivity index (χ3n) is 3.24. The predicted molar refractivity (Wildman–Crippen MR) is 72.9 cm³/mol. The summed E-state index contributed by atoms with van der Waals surface area (Å²) in [5, 5.41) is 9.02. The second-order valence-corrected chi connectivity index (χ2v) is 6.88. The summed E-state index contributed by atoms with van der Waals surface area (Å²) < 4.78 is 27.6. The lowest BCUT2D eigenvalue weighted by atomic mass is 10.0. The summed E-state index contributed by atoms with van der Waals surface area (Å²) in [5.74, 6) is -1.54. The molecule has 1 N–H and O–H groups in total. The van der Waals surface area contributed by atoms with Crippen molar-refractivity contribution >= 4 is 16.2 Å². The fourth-order valence-corrected chi connectivity index (χ4v) is 4.05. The average molecular weight is 290 g/mol. The molecule has 1 unspecified atom stereocenters. The fraction of sp³-hybridized carbons (Fsp3) is 0.750. The minimum absolute atomic E-state index is 0.0536. The van der Waals surface area contributed by atoms with Crippen LogP contribution in [0, 0.1) is 5.92 Å². The molecule has 1 rings (SSSR count).